The van der Waals surface area contributed by atoms with Crippen molar-refractivity contribution in [3.8, 4) is 0 Å². The normalized spacial score (nSPS) is 12.0. The maximum absolute atomic E-state index is 8.64. The van der Waals surface area contributed by atoms with E-state index in [-0.39, 0.29) is 0 Å². The minimum atomic E-state index is -0.551. The van der Waals surface area contributed by atoms with Gasteiger partial charge in [-0.2, -0.15) is 0 Å². The van der Waals surface area contributed by atoms with Crippen molar-refractivity contribution in [2.75, 3.05) is 7.11 Å². The molecule has 1 N–H and O–H groups in total. The number of nitrogens with zero attached hydrogens (tertiary/aromatic N) is 2. The van der Waals surface area contributed by atoms with Gasteiger partial charge in [-0.05, 0) is 30.7 Å². The van der Waals surface area contributed by atoms with Gasteiger partial charge in [-0.15, -0.1) is 0 Å². The van der Waals surface area contributed by atoms with E-state index in [0.29, 0.717) is 0 Å². The molecule has 0 fully saturated rings. The van der Waals surface area contributed by atoms with Crippen LogP contribution in [-0.2, 0) is 4.74 Å². The van der Waals surface area contributed by atoms with Crippen LogP contribution in [0.15, 0.2) is 48.5 Å². The SMILES string of the molecule is CCCC(O)OC.c1ccc2nc3ccccc3nc2c1. The van der Waals surface area contributed by atoms with Crippen molar-refractivity contribution in [3.05, 3.63) is 48.5 Å². The van der Waals surface area contributed by atoms with Gasteiger partial charge in [0.05, 0.1) is 22.1 Å². The molecule has 1 atom stereocenters. The van der Waals surface area contributed by atoms with E-state index >= 15 is 0 Å². The maximum atomic E-state index is 8.64. The average molecular weight is 284 g/mol. The summed E-state index contributed by atoms with van der Waals surface area (Å²) in [6.45, 7) is 2.00. The Hall–Kier alpha value is -2.04. The van der Waals surface area contributed by atoms with Gasteiger partial charge in [-0.3, -0.25) is 0 Å². The van der Waals surface area contributed by atoms with Crippen molar-refractivity contribution in [1.82, 2.24) is 9.97 Å². The molecule has 3 aromatic rings. The Kier molecular flexibility index (Phi) is 5.60. The summed E-state index contributed by atoms with van der Waals surface area (Å²) in [6.07, 6.45) is 1.15. The number of hydrogen-bond donors (Lipinski definition) is 1. The molecule has 0 radical (unpaired) electrons. The van der Waals surface area contributed by atoms with E-state index in [1.807, 2.05) is 55.5 Å². The lowest BCUT2D eigenvalue weighted by atomic mass is 10.2. The predicted octanol–water partition coefficient (Wildman–Crippen LogP) is 3.53. The van der Waals surface area contributed by atoms with Crippen LogP contribution in [0.25, 0.3) is 22.1 Å². The summed E-state index contributed by atoms with van der Waals surface area (Å²) in [5.74, 6) is 0. The first-order valence-corrected chi connectivity index (χ1v) is 7.07. The Morgan fingerprint density at radius 3 is 1.52 bits per heavy atom. The number of aliphatic hydroxyl groups is 1. The first-order chi connectivity index (χ1) is 10.2. The van der Waals surface area contributed by atoms with Crippen LogP contribution in [0.1, 0.15) is 19.8 Å². The summed E-state index contributed by atoms with van der Waals surface area (Å²) in [6, 6.07) is 15.8. The van der Waals surface area contributed by atoms with Gasteiger partial charge in [0.1, 0.15) is 0 Å². The summed E-state index contributed by atoms with van der Waals surface area (Å²) in [4.78, 5) is 9.03. The Morgan fingerprint density at radius 2 is 1.29 bits per heavy atom. The van der Waals surface area contributed by atoms with Crippen molar-refractivity contribution in [1.29, 1.82) is 0 Å². The lowest BCUT2D eigenvalue weighted by molar-refractivity contribution is -0.0783. The number of hydrogen-bond acceptors (Lipinski definition) is 4. The second-order valence-corrected chi connectivity index (χ2v) is 4.68. The quantitative estimate of drug-likeness (QED) is 0.590. The largest absolute Gasteiger partial charge is 0.368 e. The molecule has 4 nitrogen and oxygen atoms in total. The Labute approximate surface area is 124 Å². The summed E-state index contributed by atoms with van der Waals surface area (Å²) in [5, 5.41) is 8.64. The van der Waals surface area contributed by atoms with Gasteiger partial charge in [0.25, 0.3) is 0 Å². The average Bonchev–Trinajstić information content (AvgIpc) is 2.53. The molecule has 0 amide bonds. The summed E-state index contributed by atoms with van der Waals surface area (Å²) >= 11 is 0. The van der Waals surface area contributed by atoms with Crippen molar-refractivity contribution < 1.29 is 9.84 Å². The molecule has 0 aliphatic heterocycles. The number of fused-ring (bicyclic) bond motifs is 2. The number of rotatable bonds is 3. The number of benzene rings is 2. The molecule has 1 aromatic heterocycles. The minimum absolute atomic E-state index is 0.551. The van der Waals surface area contributed by atoms with Gasteiger partial charge in [0, 0.05) is 7.11 Å². The smallest absolute Gasteiger partial charge is 0.154 e. The monoisotopic (exact) mass is 284 g/mol. The Morgan fingerprint density at radius 1 is 0.905 bits per heavy atom. The molecule has 1 unspecified atom stereocenters. The zero-order valence-corrected chi connectivity index (χ0v) is 12.4. The number of ether oxygens (including phenoxy) is 1. The van der Waals surface area contributed by atoms with E-state index in [0.717, 1.165) is 34.9 Å². The first kappa shape index (κ1) is 15.4. The van der Waals surface area contributed by atoms with Crippen molar-refractivity contribution in [3.63, 3.8) is 0 Å². The van der Waals surface area contributed by atoms with Crippen molar-refractivity contribution >= 4 is 22.1 Å². The zero-order chi connectivity index (χ0) is 15.1. The number of aliphatic hydroxyl groups excluding tert-OH is 1. The molecule has 4 heteroatoms. The Balaban J connectivity index is 0.000000199. The molecule has 0 bridgehead atoms. The van der Waals surface area contributed by atoms with Gasteiger partial charge in [0.15, 0.2) is 6.29 Å². The van der Waals surface area contributed by atoms with E-state index in [4.69, 9.17) is 5.11 Å². The van der Waals surface area contributed by atoms with Crippen molar-refractivity contribution in [2.45, 2.75) is 26.1 Å². The Bertz CT molecular complexity index is 595. The zero-order valence-electron chi connectivity index (χ0n) is 12.4. The molecule has 3 rings (SSSR count). The van der Waals surface area contributed by atoms with Crippen molar-refractivity contribution in [2.24, 2.45) is 0 Å². The van der Waals surface area contributed by atoms with Gasteiger partial charge < -0.3 is 9.84 Å². The van der Waals surface area contributed by atoms with Crippen LogP contribution in [0.3, 0.4) is 0 Å². The van der Waals surface area contributed by atoms with Crippen LogP contribution in [0.5, 0.6) is 0 Å². The predicted molar refractivity (Wildman–Crippen MR) is 85.0 cm³/mol. The van der Waals surface area contributed by atoms with Crippen LogP contribution in [0.4, 0.5) is 0 Å². The highest BCUT2D eigenvalue weighted by Crippen LogP contribution is 2.14. The molecule has 1 heterocycles. The van der Waals surface area contributed by atoms with E-state index < -0.39 is 6.29 Å². The van der Waals surface area contributed by atoms with Crippen LogP contribution in [-0.4, -0.2) is 28.5 Å². The minimum Gasteiger partial charge on any atom is -0.368 e. The van der Waals surface area contributed by atoms with E-state index in [1.54, 1.807) is 0 Å². The van der Waals surface area contributed by atoms with E-state index in [2.05, 4.69) is 14.7 Å². The molecule has 0 spiro atoms. The molecule has 0 saturated carbocycles. The molecule has 21 heavy (non-hydrogen) atoms. The van der Waals surface area contributed by atoms with Crippen LogP contribution in [0, 0.1) is 0 Å². The third-order valence-corrected chi connectivity index (χ3v) is 3.05. The third-order valence-electron chi connectivity index (χ3n) is 3.05. The highest BCUT2D eigenvalue weighted by molar-refractivity contribution is 5.85. The second-order valence-electron chi connectivity index (χ2n) is 4.68. The van der Waals surface area contributed by atoms with E-state index in [1.165, 1.54) is 7.11 Å². The molecule has 0 aliphatic carbocycles. The lowest BCUT2D eigenvalue weighted by Gasteiger charge is -2.03. The lowest BCUT2D eigenvalue weighted by Crippen LogP contribution is -2.06. The molecule has 110 valence electrons. The maximum Gasteiger partial charge on any atom is 0.154 e. The first-order valence-electron chi connectivity index (χ1n) is 7.07. The van der Waals surface area contributed by atoms with Gasteiger partial charge in [0.2, 0.25) is 0 Å². The number of methoxy groups -OCH3 is 1. The topological polar surface area (TPSA) is 55.2 Å². The molecule has 2 aromatic carbocycles. The number of aromatic nitrogens is 2. The standard InChI is InChI=1S/C12H8N2.C5H12O2/c1-2-6-10-9(5-1)13-11-7-3-4-8-12(11)14-10;1-3-4-5(6)7-2/h1-8H;5-6H,3-4H2,1-2H3. The second kappa shape index (κ2) is 7.67. The van der Waals surface area contributed by atoms with Crippen LogP contribution >= 0.6 is 0 Å². The molecule has 0 saturated heterocycles. The fourth-order valence-electron chi connectivity index (χ4n) is 1.93. The van der Waals surface area contributed by atoms with Crippen LogP contribution in [0.2, 0.25) is 0 Å². The fourth-order valence-corrected chi connectivity index (χ4v) is 1.93. The molecular formula is C17H20N2O2. The summed E-state index contributed by atoms with van der Waals surface area (Å²) < 4.78 is 4.55. The fraction of sp³-hybridized carbons (Fsp3) is 0.294. The van der Waals surface area contributed by atoms with Gasteiger partial charge in [-0.25, -0.2) is 9.97 Å². The molecule has 0 aliphatic rings. The highest BCUT2D eigenvalue weighted by Gasteiger charge is 1.98. The molecular weight excluding hydrogens is 264 g/mol. The van der Waals surface area contributed by atoms with Gasteiger partial charge in [-0.1, -0.05) is 37.6 Å². The number of para-hydroxylation sites is 4. The van der Waals surface area contributed by atoms with Crippen LogP contribution < -0.4 is 0 Å². The highest BCUT2D eigenvalue weighted by atomic mass is 16.6. The third kappa shape index (κ3) is 4.21. The van der Waals surface area contributed by atoms with Gasteiger partial charge >= 0.3 is 0 Å². The van der Waals surface area contributed by atoms with E-state index in [9.17, 15) is 0 Å². The summed E-state index contributed by atoms with van der Waals surface area (Å²) in [7, 11) is 1.50. The summed E-state index contributed by atoms with van der Waals surface area (Å²) in [5.41, 5.74) is 3.80.